The first-order valence-corrected chi connectivity index (χ1v) is 7.74. The van der Waals surface area contributed by atoms with Crippen molar-refractivity contribution in [3.05, 3.63) is 29.8 Å². The minimum Gasteiger partial charge on any atom is -0.351 e. The zero-order valence-corrected chi connectivity index (χ0v) is 13.0. The molecule has 2 rings (SSSR count). The second-order valence-corrected chi connectivity index (χ2v) is 5.59. The van der Waals surface area contributed by atoms with E-state index in [0.717, 1.165) is 24.8 Å². The van der Waals surface area contributed by atoms with E-state index in [0.29, 0.717) is 25.2 Å². The Kier molecular flexibility index (Phi) is 5.96. The number of carbonyl (C=O) groups excluding carboxylic acids is 3. The van der Waals surface area contributed by atoms with E-state index >= 15 is 0 Å². The lowest BCUT2D eigenvalue weighted by Gasteiger charge is -2.19. The van der Waals surface area contributed by atoms with Crippen LogP contribution in [-0.2, 0) is 16.1 Å². The van der Waals surface area contributed by atoms with E-state index in [1.165, 1.54) is 0 Å². The Bertz CT molecular complexity index is 571. The lowest BCUT2D eigenvalue weighted by Crippen LogP contribution is -2.40. The Morgan fingerprint density at radius 2 is 1.87 bits per heavy atom. The molecule has 0 spiro atoms. The molecular weight excluding hydrogens is 296 g/mol. The Balaban J connectivity index is 1.79. The lowest BCUT2D eigenvalue weighted by molar-refractivity contribution is -0.135. The summed E-state index contributed by atoms with van der Waals surface area (Å²) in [7, 11) is 0. The van der Waals surface area contributed by atoms with Crippen LogP contribution < -0.4 is 16.4 Å². The number of urea groups is 1. The summed E-state index contributed by atoms with van der Waals surface area (Å²) in [5.74, 6) is -0.112. The maximum Gasteiger partial charge on any atom is 0.316 e. The number of nitrogens with one attached hydrogen (secondary N) is 2. The molecule has 1 saturated heterocycles. The molecule has 1 heterocycles. The Hall–Kier alpha value is -2.57. The van der Waals surface area contributed by atoms with Gasteiger partial charge in [-0.1, -0.05) is 18.6 Å². The summed E-state index contributed by atoms with van der Waals surface area (Å²) in [6.07, 6.45) is 3.42. The topological polar surface area (TPSA) is 105 Å². The summed E-state index contributed by atoms with van der Waals surface area (Å²) in [6.45, 7) is 1.14. The van der Waals surface area contributed by atoms with E-state index in [9.17, 15) is 14.4 Å². The second kappa shape index (κ2) is 8.17. The number of carbonyl (C=O) groups is 3. The number of hydrogen-bond acceptors (Lipinski definition) is 3. The molecule has 1 aliphatic heterocycles. The predicted molar refractivity (Wildman–Crippen MR) is 86.5 cm³/mol. The van der Waals surface area contributed by atoms with Crippen molar-refractivity contribution in [2.45, 2.75) is 32.2 Å². The van der Waals surface area contributed by atoms with Crippen LogP contribution in [0.1, 0.15) is 31.2 Å². The van der Waals surface area contributed by atoms with Crippen LogP contribution in [0.3, 0.4) is 0 Å². The number of rotatable bonds is 5. The largest absolute Gasteiger partial charge is 0.351 e. The molecule has 0 aromatic heterocycles. The smallest absolute Gasteiger partial charge is 0.316 e. The molecule has 4 N–H and O–H groups in total. The van der Waals surface area contributed by atoms with Crippen molar-refractivity contribution in [3.63, 3.8) is 0 Å². The number of hydrogen-bond donors (Lipinski definition) is 3. The summed E-state index contributed by atoms with van der Waals surface area (Å²) in [5, 5.41) is 5.27. The number of anilines is 1. The van der Waals surface area contributed by atoms with Crippen molar-refractivity contribution in [3.8, 4) is 0 Å². The predicted octanol–water partition coefficient (Wildman–Crippen LogP) is 1.20. The van der Waals surface area contributed by atoms with Crippen LogP contribution in [0, 0.1) is 0 Å². The van der Waals surface area contributed by atoms with Gasteiger partial charge in [-0.25, -0.2) is 4.79 Å². The van der Waals surface area contributed by atoms with E-state index in [1.807, 2.05) is 0 Å². The van der Waals surface area contributed by atoms with Crippen LogP contribution in [0.2, 0.25) is 0 Å². The third kappa shape index (κ3) is 5.61. The fraction of sp³-hybridized carbons (Fsp3) is 0.438. The van der Waals surface area contributed by atoms with Gasteiger partial charge in [0.05, 0.1) is 6.54 Å². The average molecular weight is 318 g/mol. The molecular formula is C16H22N4O3. The molecule has 0 saturated carbocycles. The molecule has 0 aliphatic carbocycles. The van der Waals surface area contributed by atoms with Gasteiger partial charge in [0.2, 0.25) is 11.8 Å². The highest BCUT2D eigenvalue weighted by Gasteiger charge is 2.18. The third-order valence-corrected chi connectivity index (χ3v) is 3.72. The molecule has 0 bridgehead atoms. The van der Waals surface area contributed by atoms with Crippen LogP contribution in [-0.4, -0.2) is 35.8 Å². The fourth-order valence-electron chi connectivity index (χ4n) is 2.48. The van der Waals surface area contributed by atoms with Crippen molar-refractivity contribution in [1.82, 2.24) is 10.2 Å². The first kappa shape index (κ1) is 16.8. The molecule has 4 amide bonds. The van der Waals surface area contributed by atoms with Gasteiger partial charge >= 0.3 is 6.03 Å². The number of nitrogens with zero attached hydrogens (tertiary/aromatic N) is 1. The molecule has 0 unspecified atom stereocenters. The van der Waals surface area contributed by atoms with Gasteiger partial charge in [0.25, 0.3) is 0 Å². The van der Waals surface area contributed by atoms with Crippen LogP contribution >= 0.6 is 0 Å². The maximum atomic E-state index is 12.0. The van der Waals surface area contributed by atoms with Gasteiger partial charge < -0.3 is 21.3 Å². The van der Waals surface area contributed by atoms with Crippen LogP contribution in [0.25, 0.3) is 0 Å². The number of nitrogens with two attached hydrogens (primary N) is 1. The third-order valence-electron chi connectivity index (χ3n) is 3.72. The van der Waals surface area contributed by atoms with Gasteiger partial charge in [-0.3, -0.25) is 9.59 Å². The molecule has 1 aliphatic rings. The first-order chi connectivity index (χ1) is 11.0. The highest BCUT2D eigenvalue weighted by Crippen LogP contribution is 2.11. The minimum atomic E-state index is -0.617. The number of amides is 4. The Morgan fingerprint density at radius 1 is 1.13 bits per heavy atom. The molecule has 1 aromatic carbocycles. The summed E-state index contributed by atoms with van der Waals surface area (Å²) in [5.41, 5.74) is 6.53. The molecule has 7 heteroatoms. The van der Waals surface area contributed by atoms with Crippen molar-refractivity contribution in [1.29, 1.82) is 0 Å². The van der Waals surface area contributed by atoms with E-state index < -0.39 is 6.03 Å². The van der Waals surface area contributed by atoms with Crippen LogP contribution in [0.5, 0.6) is 0 Å². The monoisotopic (exact) mass is 318 g/mol. The zero-order chi connectivity index (χ0) is 16.7. The van der Waals surface area contributed by atoms with Gasteiger partial charge in [-0.15, -0.1) is 0 Å². The molecule has 7 nitrogen and oxygen atoms in total. The number of primary amides is 1. The maximum absolute atomic E-state index is 12.0. The van der Waals surface area contributed by atoms with Crippen LogP contribution in [0.4, 0.5) is 10.5 Å². The van der Waals surface area contributed by atoms with Gasteiger partial charge in [0.1, 0.15) is 0 Å². The van der Waals surface area contributed by atoms with Gasteiger partial charge in [-0.05, 0) is 30.5 Å². The second-order valence-electron chi connectivity index (χ2n) is 5.59. The number of likely N-dealkylation sites (tertiary alicyclic amines) is 1. The highest BCUT2D eigenvalue weighted by atomic mass is 16.2. The Morgan fingerprint density at radius 3 is 2.57 bits per heavy atom. The zero-order valence-electron chi connectivity index (χ0n) is 13.0. The van der Waals surface area contributed by atoms with Gasteiger partial charge in [0.15, 0.2) is 0 Å². The van der Waals surface area contributed by atoms with Crippen LogP contribution in [0.15, 0.2) is 24.3 Å². The average Bonchev–Trinajstić information content (AvgIpc) is 2.71. The van der Waals surface area contributed by atoms with Crippen molar-refractivity contribution in [2.75, 3.05) is 18.4 Å². The Labute approximate surface area is 135 Å². The summed E-state index contributed by atoms with van der Waals surface area (Å²) >= 11 is 0. The number of benzene rings is 1. The SMILES string of the molecule is NC(=O)Nc1ccc(CNC(=O)CN2CCCCCC2=O)cc1. The van der Waals surface area contributed by atoms with E-state index in [2.05, 4.69) is 10.6 Å². The summed E-state index contributed by atoms with van der Waals surface area (Å²) in [6, 6.07) is 6.40. The summed E-state index contributed by atoms with van der Waals surface area (Å²) < 4.78 is 0. The van der Waals surface area contributed by atoms with Gasteiger partial charge in [-0.2, -0.15) is 0 Å². The van der Waals surface area contributed by atoms with E-state index in [4.69, 9.17) is 5.73 Å². The van der Waals surface area contributed by atoms with E-state index in [1.54, 1.807) is 29.2 Å². The van der Waals surface area contributed by atoms with Gasteiger partial charge in [0, 0.05) is 25.2 Å². The molecule has 23 heavy (non-hydrogen) atoms. The molecule has 1 fully saturated rings. The standard InChI is InChI=1S/C16H22N4O3/c17-16(23)19-13-7-5-12(6-8-13)10-18-14(21)11-20-9-3-1-2-4-15(20)22/h5-8H,1-4,9-11H2,(H,18,21)(H3,17,19,23). The summed E-state index contributed by atoms with van der Waals surface area (Å²) in [4.78, 5) is 36.2. The molecule has 124 valence electrons. The minimum absolute atomic E-state index is 0.0551. The van der Waals surface area contributed by atoms with Crippen molar-refractivity contribution >= 4 is 23.5 Å². The molecule has 1 aromatic rings. The first-order valence-electron chi connectivity index (χ1n) is 7.74. The fourth-order valence-corrected chi connectivity index (χ4v) is 2.48. The normalized spacial score (nSPS) is 15.0. The molecule has 0 atom stereocenters. The highest BCUT2D eigenvalue weighted by molar-refractivity contribution is 5.87. The van der Waals surface area contributed by atoms with E-state index in [-0.39, 0.29) is 18.4 Å². The molecule has 0 radical (unpaired) electrons. The lowest BCUT2D eigenvalue weighted by atomic mass is 10.2. The quantitative estimate of drug-likeness (QED) is 0.759. The van der Waals surface area contributed by atoms with Crippen molar-refractivity contribution < 1.29 is 14.4 Å². The van der Waals surface area contributed by atoms with Crippen molar-refractivity contribution in [2.24, 2.45) is 5.73 Å².